The third-order valence-electron chi connectivity index (χ3n) is 5.17. The maximum Gasteiger partial charge on any atom is 0.234 e. The summed E-state index contributed by atoms with van der Waals surface area (Å²) in [6, 6.07) is 7.40. The second-order valence-electron chi connectivity index (χ2n) is 8.39. The Hall–Kier alpha value is -3.79. The number of hydrogen-bond acceptors (Lipinski definition) is 12. The SMILES string of the molecule is Cc1nnc(-c2ccc(CNC(=O)CN(CCOCCN)CC(=O)NCCOCCOCCN=[N+]=[N-])cc2)nn1. The van der Waals surface area contributed by atoms with Crippen molar-refractivity contribution in [2.24, 2.45) is 10.8 Å². The van der Waals surface area contributed by atoms with E-state index >= 15 is 0 Å². The number of azide groups is 1. The number of aryl methyl sites for hydroxylation is 1. The molecule has 0 unspecified atom stereocenters. The van der Waals surface area contributed by atoms with Crippen LogP contribution >= 0.6 is 0 Å². The lowest BCUT2D eigenvalue weighted by atomic mass is 10.1. The first kappa shape index (κ1) is 32.4. The van der Waals surface area contributed by atoms with Crippen molar-refractivity contribution in [3.05, 3.63) is 46.1 Å². The first-order valence-electron chi connectivity index (χ1n) is 12.8. The van der Waals surface area contributed by atoms with Gasteiger partial charge in [-0.05, 0) is 18.0 Å². The van der Waals surface area contributed by atoms with Gasteiger partial charge < -0.3 is 30.6 Å². The summed E-state index contributed by atoms with van der Waals surface area (Å²) in [5, 5.41) is 24.9. The number of rotatable bonds is 21. The number of carbonyl (C=O) groups excluding carboxylic acids is 2. The minimum Gasteiger partial charge on any atom is -0.379 e. The van der Waals surface area contributed by atoms with E-state index in [0.717, 1.165) is 11.1 Å². The van der Waals surface area contributed by atoms with Crippen molar-refractivity contribution in [1.82, 2.24) is 35.9 Å². The molecular formula is C24H37N11O5. The predicted octanol–water partition coefficient (Wildman–Crippen LogP) is -0.405. The van der Waals surface area contributed by atoms with Crippen molar-refractivity contribution in [3.63, 3.8) is 0 Å². The lowest BCUT2D eigenvalue weighted by Gasteiger charge is -2.21. The highest BCUT2D eigenvalue weighted by Gasteiger charge is 2.15. The molecular weight excluding hydrogens is 522 g/mol. The van der Waals surface area contributed by atoms with Crippen LogP contribution in [-0.4, -0.2) is 116 Å². The summed E-state index contributed by atoms with van der Waals surface area (Å²) in [6.45, 7) is 5.54. The first-order chi connectivity index (χ1) is 19.5. The van der Waals surface area contributed by atoms with Crippen LogP contribution in [0, 0.1) is 6.92 Å². The van der Waals surface area contributed by atoms with Crippen LogP contribution in [0.2, 0.25) is 0 Å². The van der Waals surface area contributed by atoms with E-state index in [1.54, 1.807) is 11.8 Å². The second-order valence-corrected chi connectivity index (χ2v) is 8.39. The van der Waals surface area contributed by atoms with Gasteiger partial charge in [-0.3, -0.25) is 14.5 Å². The van der Waals surface area contributed by atoms with Crippen molar-refractivity contribution in [2.75, 3.05) is 78.9 Å². The van der Waals surface area contributed by atoms with Crippen LogP contribution in [0.15, 0.2) is 29.4 Å². The molecule has 16 heteroatoms. The Balaban J connectivity index is 1.72. The van der Waals surface area contributed by atoms with Crippen molar-refractivity contribution < 1.29 is 23.8 Å². The number of amides is 2. The zero-order chi connectivity index (χ0) is 28.8. The van der Waals surface area contributed by atoms with Crippen LogP contribution in [0.5, 0.6) is 0 Å². The second kappa shape index (κ2) is 20.2. The molecule has 0 radical (unpaired) electrons. The molecule has 0 atom stereocenters. The zero-order valence-corrected chi connectivity index (χ0v) is 22.7. The topological polar surface area (TPSA) is 215 Å². The minimum absolute atomic E-state index is 0.0231. The summed E-state index contributed by atoms with van der Waals surface area (Å²) in [5.41, 5.74) is 15.3. The Morgan fingerprint density at radius 2 is 1.57 bits per heavy atom. The van der Waals surface area contributed by atoms with Crippen LogP contribution in [0.25, 0.3) is 21.8 Å². The highest BCUT2D eigenvalue weighted by Crippen LogP contribution is 2.13. The molecule has 0 fully saturated rings. The molecule has 0 aliphatic rings. The Kier molecular flexibility index (Phi) is 16.3. The van der Waals surface area contributed by atoms with Crippen LogP contribution in [0.3, 0.4) is 0 Å². The number of nitrogens with zero attached hydrogens (tertiary/aromatic N) is 8. The van der Waals surface area contributed by atoms with Gasteiger partial charge in [-0.25, -0.2) is 0 Å². The van der Waals surface area contributed by atoms with E-state index in [-0.39, 0.29) is 31.4 Å². The molecule has 1 heterocycles. The maximum absolute atomic E-state index is 12.6. The van der Waals surface area contributed by atoms with Crippen LogP contribution in [0.1, 0.15) is 11.4 Å². The predicted molar refractivity (Wildman–Crippen MR) is 145 cm³/mol. The van der Waals surface area contributed by atoms with E-state index in [1.807, 2.05) is 24.3 Å². The molecule has 2 amide bonds. The standard InChI is InChI=1S/C24H37N11O5/c1-19-30-32-24(33-31-19)21-4-2-20(3-5-21)16-28-23(37)18-35(9-13-38-10-6-25)17-22(36)27-7-11-39-14-15-40-12-8-29-34-26/h2-5H,6-18,25H2,1H3,(H,27,36)(H,28,37). The number of benzene rings is 1. The number of nitrogens with two attached hydrogens (primary N) is 1. The van der Waals surface area contributed by atoms with Crippen molar-refractivity contribution in [2.45, 2.75) is 13.5 Å². The number of aromatic nitrogens is 4. The summed E-state index contributed by atoms with van der Waals surface area (Å²) in [4.78, 5) is 29.4. The molecule has 0 bridgehead atoms. The number of ether oxygens (including phenoxy) is 3. The molecule has 2 aromatic rings. The van der Waals surface area contributed by atoms with Crippen LogP contribution in [-0.2, 0) is 30.3 Å². The van der Waals surface area contributed by atoms with E-state index in [2.05, 4.69) is 41.1 Å². The molecule has 2 rings (SSSR count). The van der Waals surface area contributed by atoms with Gasteiger partial charge in [-0.15, -0.1) is 20.4 Å². The molecule has 0 aliphatic heterocycles. The van der Waals surface area contributed by atoms with E-state index < -0.39 is 0 Å². The van der Waals surface area contributed by atoms with Crippen molar-refractivity contribution in [1.29, 1.82) is 0 Å². The Morgan fingerprint density at radius 1 is 0.925 bits per heavy atom. The Labute approximate surface area is 232 Å². The van der Waals surface area contributed by atoms with Crippen LogP contribution in [0.4, 0.5) is 0 Å². The van der Waals surface area contributed by atoms with Gasteiger partial charge in [0.15, 0.2) is 5.82 Å². The Morgan fingerprint density at radius 3 is 2.25 bits per heavy atom. The van der Waals surface area contributed by atoms with Crippen LogP contribution < -0.4 is 16.4 Å². The normalized spacial score (nSPS) is 10.8. The third kappa shape index (κ3) is 14.4. The van der Waals surface area contributed by atoms with Crippen molar-refractivity contribution in [3.8, 4) is 11.4 Å². The summed E-state index contributed by atoms with van der Waals surface area (Å²) in [6.07, 6.45) is 0. The number of nitrogens with one attached hydrogen (secondary N) is 2. The molecule has 1 aromatic heterocycles. The van der Waals surface area contributed by atoms with Gasteiger partial charge >= 0.3 is 0 Å². The smallest absolute Gasteiger partial charge is 0.234 e. The molecule has 0 spiro atoms. The molecule has 0 aliphatic carbocycles. The fourth-order valence-corrected chi connectivity index (χ4v) is 3.21. The molecule has 1 aromatic carbocycles. The van der Waals surface area contributed by atoms with Gasteiger partial charge in [0.25, 0.3) is 0 Å². The average molecular weight is 560 g/mol. The van der Waals surface area contributed by atoms with E-state index in [1.165, 1.54) is 0 Å². The monoisotopic (exact) mass is 559 g/mol. The molecule has 218 valence electrons. The molecule has 0 saturated heterocycles. The zero-order valence-electron chi connectivity index (χ0n) is 22.7. The van der Waals surface area contributed by atoms with E-state index in [0.29, 0.717) is 77.5 Å². The number of hydrogen-bond donors (Lipinski definition) is 3. The highest BCUT2D eigenvalue weighted by molar-refractivity contribution is 5.81. The summed E-state index contributed by atoms with van der Waals surface area (Å²) < 4.78 is 16.1. The summed E-state index contributed by atoms with van der Waals surface area (Å²) in [7, 11) is 0. The first-order valence-corrected chi connectivity index (χ1v) is 12.8. The molecule has 16 nitrogen and oxygen atoms in total. The van der Waals surface area contributed by atoms with E-state index in [4.69, 9.17) is 25.5 Å². The average Bonchev–Trinajstić information content (AvgIpc) is 2.96. The summed E-state index contributed by atoms with van der Waals surface area (Å²) in [5.74, 6) is 0.452. The largest absolute Gasteiger partial charge is 0.379 e. The van der Waals surface area contributed by atoms with Gasteiger partial charge in [0.1, 0.15) is 0 Å². The van der Waals surface area contributed by atoms with Gasteiger partial charge in [0, 0.05) is 43.2 Å². The number of carbonyl (C=O) groups is 2. The van der Waals surface area contributed by atoms with Gasteiger partial charge in [0.2, 0.25) is 17.6 Å². The van der Waals surface area contributed by atoms with Crippen molar-refractivity contribution >= 4 is 11.8 Å². The lowest BCUT2D eigenvalue weighted by Crippen LogP contribution is -2.44. The van der Waals surface area contributed by atoms with Gasteiger partial charge in [-0.2, -0.15) is 0 Å². The lowest BCUT2D eigenvalue weighted by molar-refractivity contribution is -0.125. The Bertz CT molecular complexity index is 1050. The fraction of sp³-hybridized carbons (Fsp3) is 0.583. The summed E-state index contributed by atoms with van der Waals surface area (Å²) >= 11 is 0. The minimum atomic E-state index is -0.237. The maximum atomic E-state index is 12.6. The molecule has 40 heavy (non-hydrogen) atoms. The molecule has 0 saturated carbocycles. The fourth-order valence-electron chi connectivity index (χ4n) is 3.21. The van der Waals surface area contributed by atoms with Gasteiger partial charge in [0.05, 0.1) is 52.7 Å². The molecule has 4 N–H and O–H groups in total. The highest BCUT2D eigenvalue weighted by atomic mass is 16.5. The third-order valence-corrected chi connectivity index (χ3v) is 5.17. The van der Waals surface area contributed by atoms with E-state index in [9.17, 15) is 9.59 Å². The quantitative estimate of drug-likeness (QED) is 0.0773. The van der Waals surface area contributed by atoms with Gasteiger partial charge in [-0.1, -0.05) is 29.4 Å².